The maximum atomic E-state index is 14.3. The highest BCUT2D eigenvalue weighted by atomic mass is 31.2. The number of carbonyl (C=O) groups excluding carboxylic acids is 1. The van der Waals surface area contributed by atoms with E-state index in [-0.39, 0.29) is 17.8 Å². The summed E-state index contributed by atoms with van der Waals surface area (Å²) in [5, 5.41) is 25.8. The predicted octanol–water partition coefficient (Wildman–Crippen LogP) is 2.64. The van der Waals surface area contributed by atoms with Gasteiger partial charge in [-0.25, -0.2) is 9.36 Å². The molecule has 6 atom stereocenters. The molecule has 1 aliphatic heterocycles. The normalized spacial score (nSPS) is 24.3. The number of hydrogen-bond donors (Lipinski definition) is 4. The first-order valence-corrected chi connectivity index (χ1v) is 15.1. The summed E-state index contributed by atoms with van der Waals surface area (Å²) in [4.78, 5) is 38.7. The summed E-state index contributed by atoms with van der Waals surface area (Å²) in [5.41, 5.74) is -3.76. The first-order chi connectivity index (χ1) is 20.2. The summed E-state index contributed by atoms with van der Waals surface area (Å²) in [7, 11) is -4.47. The molecular weight excluding hydrogens is 581 g/mol. The SMILES string of the molecule is C=C[C@]1(COP(=O)(N[C@@H](C)C(=O)OCC(C)(C)C)Oc2cccc3ccccc23)O[C@@H](n2ccc(=O)[nH]c2=O)[C@H](O)[C@@H]1O. The van der Waals surface area contributed by atoms with Gasteiger partial charge >= 0.3 is 19.4 Å². The Kier molecular flexibility index (Phi) is 9.45. The Balaban J connectivity index is 1.63. The van der Waals surface area contributed by atoms with Crippen molar-refractivity contribution in [1.29, 1.82) is 0 Å². The van der Waals surface area contributed by atoms with Crippen LogP contribution in [0.25, 0.3) is 10.8 Å². The quantitative estimate of drug-likeness (QED) is 0.141. The van der Waals surface area contributed by atoms with E-state index in [0.717, 1.165) is 28.3 Å². The van der Waals surface area contributed by atoms with Gasteiger partial charge < -0.3 is 24.2 Å². The van der Waals surface area contributed by atoms with E-state index in [2.05, 4.69) is 11.7 Å². The fourth-order valence-corrected chi connectivity index (χ4v) is 5.94. The molecule has 4 rings (SSSR count). The number of esters is 1. The highest BCUT2D eigenvalue weighted by Crippen LogP contribution is 2.49. The number of aliphatic hydroxyl groups excluding tert-OH is 2. The summed E-state index contributed by atoms with van der Waals surface area (Å²) in [6.07, 6.45) is -2.61. The third kappa shape index (κ3) is 7.32. The Hall–Kier alpha value is -3.58. The molecule has 2 aromatic carbocycles. The molecule has 1 aromatic heterocycles. The Labute approximate surface area is 247 Å². The smallest absolute Gasteiger partial charge is 0.459 e. The van der Waals surface area contributed by atoms with Crippen LogP contribution in [0.3, 0.4) is 0 Å². The van der Waals surface area contributed by atoms with E-state index in [9.17, 15) is 29.2 Å². The molecule has 3 aromatic rings. The number of ether oxygens (including phenoxy) is 2. The van der Waals surface area contributed by atoms with Crippen LogP contribution in [-0.4, -0.2) is 62.8 Å². The lowest BCUT2D eigenvalue weighted by Crippen LogP contribution is -2.46. The van der Waals surface area contributed by atoms with Crippen molar-refractivity contribution in [2.45, 2.75) is 57.8 Å². The van der Waals surface area contributed by atoms with Crippen molar-refractivity contribution < 1.29 is 38.1 Å². The Morgan fingerprint density at radius 1 is 1.21 bits per heavy atom. The minimum atomic E-state index is -4.47. The highest BCUT2D eigenvalue weighted by molar-refractivity contribution is 7.52. The molecule has 0 spiro atoms. The van der Waals surface area contributed by atoms with Crippen LogP contribution in [0, 0.1) is 5.41 Å². The average Bonchev–Trinajstić information content (AvgIpc) is 3.20. The molecular formula is C29H36N3O10P. The second-order valence-electron chi connectivity index (χ2n) is 11.5. The van der Waals surface area contributed by atoms with Gasteiger partial charge in [-0.05, 0) is 23.8 Å². The van der Waals surface area contributed by atoms with Crippen molar-refractivity contribution in [1.82, 2.24) is 14.6 Å². The van der Waals surface area contributed by atoms with Gasteiger partial charge in [0.2, 0.25) is 0 Å². The summed E-state index contributed by atoms with van der Waals surface area (Å²) in [6.45, 7) is 10.2. The van der Waals surface area contributed by atoms with Crippen LogP contribution in [0.4, 0.5) is 0 Å². The van der Waals surface area contributed by atoms with E-state index in [1.807, 2.05) is 44.0 Å². The number of aromatic amines is 1. The van der Waals surface area contributed by atoms with Crippen molar-refractivity contribution >= 4 is 24.5 Å². The number of carbonyl (C=O) groups is 1. The van der Waals surface area contributed by atoms with Crippen LogP contribution in [0.5, 0.6) is 5.75 Å². The molecule has 1 unspecified atom stereocenters. The zero-order chi connectivity index (χ0) is 31.6. The number of aliphatic hydroxyl groups is 2. The van der Waals surface area contributed by atoms with Gasteiger partial charge in [0.25, 0.3) is 5.56 Å². The monoisotopic (exact) mass is 617 g/mol. The Morgan fingerprint density at radius 2 is 1.91 bits per heavy atom. The van der Waals surface area contributed by atoms with E-state index >= 15 is 0 Å². The molecule has 0 saturated carbocycles. The predicted molar refractivity (Wildman–Crippen MR) is 158 cm³/mol. The number of aromatic nitrogens is 2. The number of H-pyrrole nitrogens is 1. The number of fused-ring (bicyclic) bond motifs is 1. The third-order valence-corrected chi connectivity index (χ3v) is 8.32. The van der Waals surface area contributed by atoms with Gasteiger partial charge in [-0.15, -0.1) is 6.58 Å². The van der Waals surface area contributed by atoms with Crippen molar-refractivity contribution in [2.75, 3.05) is 13.2 Å². The minimum absolute atomic E-state index is 0.107. The molecule has 13 nitrogen and oxygen atoms in total. The second kappa shape index (κ2) is 12.6. The zero-order valence-corrected chi connectivity index (χ0v) is 25.2. The van der Waals surface area contributed by atoms with Gasteiger partial charge in [0.15, 0.2) is 6.23 Å². The van der Waals surface area contributed by atoms with Crippen LogP contribution in [-0.2, 0) is 23.4 Å². The first-order valence-electron chi connectivity index (χ1n) is 13.5. The molecule has 0 bridgehead atoms. The third-order valence-electron chi connectivity index (χ3n) is 6.71. The molecule has 0 radical (unpaired) electrons. The molecule has 1 aliphatic rings. The minimum Gasteiger partial charge on any atom is -0.464 e. The second-order valence-corrected chi connectivity index (χ2v) is 13.2. The van der Waals surface area contributed by atoms with Crippen LogP contribution >= 0.6 is 7.75 Å². The molecule has 1 fully saturated rings. The molecule has 1 saturated heterocycles. The molecule has 0 amide bonds. The maximum absolute atomic E-state index is 14.3. The molecule has 4 N–H and O–H groups in total. The Bertz CT molecular complexity index is 1640. The topological polar surface area (TPSA) is 178 Å². The fraction of sp³-hybridized carbons (Fsp3) is 0.414. The molecule has 14 heteroatoms. The summed E-state index contributed by atoms with van der Waals surface area (Å²) < 4.78 is 38.1. The number of nitrogens with zero attached hydrogens (tertiary/aromatic N) is 1. The van der Waals surface area contributed by atoms with Crippen molar-refractivity contribution in [3.8, 4) is 5.75 Å². The largest absolute Gasteiger partial charge is 0.464 e. The molecule has 0 aliphatic carbocycles. The lowest BCUT2D eigenvalue weighted by Gasteiger charge is -2.31. The zero-order valence-electron chi connectivity index (χ0n) is 24.3. The van der Waals surface area contributed by atoms with Crippen LogP contribution in [0.2, 0.25) is 0 Å². The van der Waals surface area contributed by atoms with Gasteiger partial charge in [-0.3, -0.25) is 23.7 Å². The van der Waals surface area contributed by atoms with Gasteiger partial charge in [-0.2, -0.15) is 5.09 Å². The van der Waals surface area contributed by atoms with E-state index in [4.69, 9.17) is 18.5 Å². The van der Waals surface area contributed by atoms with Crippen LogP contribution in [0.15, 0.2) is 77.0 Å². The van der Waals surface area contributed by atoms with Gasteiger partial charge in [-0.1, -0.05) is 63.2 Å². The molecule has 232 valence electrons. The van der Waals surface area contributed by atoms with E-state index in [1.165, 1.54) is 6.92 Å². The lowest BCUT2D eigenvalue weighted by molar-refractivity contribution is -0.148. The van der Waals surface area contributed by atoms with Gasteiger partial charge in [0.1, 0.15) is 29.6 Å². The van der Waals surface area contributed by atoms with Crippen molar-refractivity contribution in [2.24, 2.45) is 5.41 Å². The van der Waals surface area contributed by atoms with E-state index < -0.39 is 61.7 Å². The van der Waals surface area contributed by atoms with Crippen LogP contribution in [0.1, 0.15) is 33.9 Å². The average molecular weight is 618 g/mol. The molecule has 43 heavy (non-hydrogen) atoms. The number of rotatable bonds is 11. The summed E-state index contributed by atoms with van der Waals surface area (Å²) in [6, 6.07) is 12.2. The number of hydrogen-bond acceptors (Lipinski definition) is 10. The first kappa shape index (κ1) is 32.3. The number of benzene rings is 2. The molecule has 2 heterocycles. The number of nitrogens with one attached hydrogen (secondary N) is 2. The summed E-state index contributed by atoms with van der Waals surface area (Å²) in [5.74, 6) is -0.522. The van der Waals surface area contributed by atoms with Gasteiger partial charge in [0.05, 0.1) is 13.2 Å². The van der Waals surface area contributed by atoms with E-state index in [0.29, 0.717) is 5.39 Å². The van der Waals surface area contributed by atoms with Gasteiger partial charge in [0, 0.05) is 17.6 Å². The van der Waals surface area contributed by atoms with Crippen molar-refractivity contribution in [3.63, 3.8) is 0 Å². The fourth-order valence-electron chi connectivity index (χ4n) is 4.39. The summed E-state index contributed by atoms with van der Waals surface area (Å²) >= 11 is 0. The van der Waals surface area contributed by atoms with Crippen LogP contribution < -0.4 is 20.9 Å². The highest BCUT2D eigenvalue weighted by Gasteiger charge is 2.55. The van der Waals surface area contributed by atoms with E-state index in [1.54, 1.807) is 24.3 Å². The Morgan fingerprint density at radius 3 is 2.58 bits per heavy atom. The maximum Gasteiger partial charge on any atom is 0.459 e. The van der Waals surface area contributed by atoms with Crippen molar-refractivity contribution in [3.05, 3.63) is 88.2 Å². The lowest BCUT2D eigenvalue weighted by atomic mass is 9.96. The standard InChI is InChI=1S/C29H36N3O10P/c1-6-29(24(35)23(34)25(41-29)32-15-14-22(33)30-27(32)37)17-40-43(38,31-18(2)26(36)39-16-28(3,4)5)42-21-13-9-11-19-10-7-8-12-20(19)21/h6-15,18,23-25,34-35H,1,16-17H2,2-5H3,(H,31,38)(H,30,33,37)/t18-,23+,24-,25+,29+,43?/m0/s1.